The zero-order valence-electron chi connectivity index (χ0n) is 11.1. The molecule has 1 atom stereocenters. The number of fused-ring (bicyclic) bond motifs is 1. The van der Waals surface area contributed by atoms with Crippen molar-refractivity contribution in [3.8, 4) is 5.75 Å². The Morgan fingerprint density at radius 1 is 1.29 bits per heavy atom. The number of hydrogen-bond donors (Lipinski definition) is 1. The first-order valence-corrected chi connectivity index (χ1v) is 6.57. The molecule has 0 aromatic heterocycles. The minimum atomic E-state index is -0.539. The smallest absolute Gasteiger partial charge is 0.271 e. The van der Waals surface area contributed by atoms with Gasteiger partial charge in [-0.1, -0.05) is 18.2 Å². The van der Waals surface area contributed by atoms with Crippen LogP contribution in [0.25, 0.3) is 0 Å². The van der Waals surface area contributed by atoms with Gasteiger partial charge in [0.1, 0.15) is 11.6 Å². The molecular formula is C15H13FN2O3. The molecule has 108 valence electrons. The zero-order valence-corrected chi connectivity index (χ0v) is 11.1. The summed E-state index contributed by atoms with van der Waals surface area (Å²) in [5.41, 5.74) is 0.916. The van der Waals surface area contributed by atoms with Crippen molar-refractivity contribution in [2.45, 2.75) is 12.5 Å². The first kappa shape index (κ1) is 13.4. The summed E-state index contributed by atoms with van der Waals surface area (Å²) in [4.78, 5) is 10.3. The predicted octanol–water partition coefficient (Wildman–Crippen LogP) is 3.67. The van der Waals surface area contributed by atoms with Crippen LogP contribution in [0, 0.1) is 15.9 Å². The number of non-ortho nitro benzene ring substituents is 1. The average Bonchev–Trinajstić information content (AvgIpc) is 2.49. The number of nitrogens with zero attached hydrogens (tertiary/aromatic N) is 1. The summed E-state index contributed by atoms with van der Waals surface area (Å²) in [5.74, 6) is 0.247. The number of para-hydroxylation sites is 1. The number of rotatable bonds is 3. The standard InChI is InChI=1S/C15H13FN2O3/c16-12-6-5-10(18(19)20)9-14(12)17-13-7-8-21-15-4-2-1-3-11(13)15/h1-6,9,13,17H,7-8H2. The van der Waals surface area contributed by atoms with E-state index in [9.17, 15) is 14.5 Å². The van der Waals surface area contributed by atoms with Gasteiger partial charge in [-0.2, -0.15) is 0 Å². The van der Waals surface area contributed by atoms with Crippen LogP contribution in [0.1, 0.15) is 18.0 Å². The van der Waals surface area contributed by atoms with Gasteiger partial charge in [-0.25, -0.2) is 4.39 Å². The Morgan fingerprint density at radius 2 is 2.10 bits per heavy atom. The fourth-order valence-electron chi connectivity index (χ4n) is 2.42. The molecule has 1 unspecified atom stereocenters. The lowest BCUT2D eigenvalue weighted by atomic mass is 10.0. The molecule has 6 heteroatoms. The summed E-state index contributed by atoms with van der Waals surface area (Å²) < 4.78 is 19.4. The van der Waals surface area contributed by atoms with Crippen LogP contribution >= 0.6 is 0 Å². The van der Waals surface area contributed by atoms with Gasteiger partial charge in [0.2, 0.25) is 0 Å². The summed E-state index contributed by atoms with van der Waals surface area (Å²) >= 11 is 0. The van der Waals surface area contributed by atoms with Gasteiger partial charge in [0, 0.05) is 24.1 Å². The first-order chi connectivity index (χ1) is 10.1. The lowest BCUT2D eigenvalue weighted by Gasteiger charge is -2.27. The molecule has 0 bridgehead atoms. The fourth-order valence-corrected chi connectivity index (χ4v) is 2.42. The molecule has 0 radical (unpaired) electrons. The van der Waals surface area contributed by atoms with E-state index in [4.69, 9.17) is 4.74 Å². The van der Waals surface area contributed by atoms with Gasteiger partial charge >= 0.3 is 0 Å². The van der Waals surface area contributed by atoms with E-state index in [1.165, 1.54) is 6.07 Å². The van der Waals surface area contributed by atoms with Crippen LogP contribution in [0.3, 0.4) is 0 Å². The van der Waals surface area contributed by atoms with Crippen molar-refractivity contribution in [1.82, 2.24) is 0 Å². The molecule has 2 aromatic carbocycles. The normalized spacial score (nSPS) is 16.7. The number of benzene rings is 2. The Balaban J connectivity index is 1.91. The van der Waals surface area contributed by atoms with Crippen LogP contribution in [0.2, 0.25) is 0 Å². The highest BCUT2D eigenvalue weighted by Crippen LogP contribution is 2.35. The van der Waals surface area contributed by atoms with E-state index in [0.717, 1.165) is 23.4 Å². The third-order valence-corrected chi connectivity index (χ3v) is 3.45. The molecule has 1 N–H and O–H groups in total. The van der Waals surface area contributed by atoms with Gasteiger partial charge in [0.05, 0.1) is 23.3 Å². The second-order valence-corrected chi connectivity index (χ2v) is 4.79. The highest BCUT2D eigenvalue weighted by Gasteiger charge is 2.22. The van der Waals surface area contributed by atoms with Gasteiger partial charge in [0.25, 0.3) is 5.69 Å². The SMILES string of the molecule is O=[N+]([O-])c1ccc(F)c(NC2CCOc3ccccc32)c1. The number of nitrogens with one attached hydrogen (secondary N) is 1. The van der Waals surface area contributed by atoms with Crippen LogP contribution in [0.4, 0.5) is 15.8 Å². The Kier molecular flexibility index (Phi) is 3.43. The molecule has 0 fully saturated rings. The maximum atomic E-state index is 13.8. The molecule has 1 aliphatic rings. The van der Waals surface area contributed by atoms with Crippen molar-refractivity contribution >= 4 is 11.4 Å². The van der Waals surface area contributed by atoms with Crippen LogP contribution in [-0.4, -0.2) is 11.5 Å². The Labute approximate surface area is 120 Å². The third-order valence-electron chi connectivity index (χ3n) is 3.45. The number of nitro benzene ring substituents is 1. The summed E-state index contributed by atoms with van der Waals surface area (Å²) in [6.45, 7) is 0.519. The molecule has 1 aliphatic heterocycles. The zero-order chi connectivity index (χ0) is 14.8. The van der Waals surface area contributed by atoms with Gasteiger partial charge in [-0.05, 0) is 12.1 Å². The molecule has 21 heavy (non-hydrogen) atoms. The Hall–Kier alpha value is -2.63. The summed E-state index contributed by atoms with van der Waals surface area (Å²) in [7, 11) is 0. The van der Waals surface area contributed by atoms with E-state index in [-0.39, 0.29) is 17.4 Å². The quantitative estimate of drug-likeness (QED) is 0.691. The van der Waals surface area contributed by atoms with E-state index < -0.39 is 10.7 Å². The minimum Gasteiger partial charge on any atom is -0.493 e. The molecule has 1 heterocycles. The van der Waals surface area contributed by atoms with Crippen molar-refractivity contribution in [2.24, 2.45) is 0 Å². The summed E-state index contributed by atoms with van der Waals surface area (Å²) in [6, 6.07) is 10.8. The molecular weight excluding hydrogens is 275 g/mol. The second kappa shape index (κ2) is 5.40. The number of halogens is 1. The predicted molar refractivity (Wildman–Crippen MR) is 76.0 cm³/mol. The van der Waals surface area contributed by atoms with Crippen molar-refractivity contribution in [3.05, 3.63) is 64.0 Å². The molecule has 0 saturated heterocycles. The Bertz CT molecular complexity index is 690. The minimum absolute atomic E-state index is 0.130. The van der Waals surface area contributed by atoms with Gasteiger partial charge in [-0.3, -0.25) is 10.1 Å². The largest absolute Gasteiger partial charge is 0.493 e. The first-order valence-electron chi connectivity index (χ1n) is 6.57. The Morgan fingerprint density at radius 3 is 2.90 bits per heavy atom. The number of nitro groups is 1. The molecule has 2 aromatic rings. The lowest BCUT2D eigenvalue weighted by Crippen LogP contribution is -2.20. The molecule has 0 aliphatic carbocycles. The maximum absolute atomic E-state index is 13.8. The number of hydrogen-bond acceptors (Lipinski definition) is 4. The van der Waals surface area contributed by atoms with Crippen molar-refractivity contribution < 1.29 is 14.1 Å². The number of ether oxygens (including phenoxy) is 1. The van der Waals surface area contributed by atoms with Gasteiger partial charge in [0.15, 0.2) is 0 Å². The number of anilines is 1. The van der Waals surface area contributed by atoms with Crippen LogP contribution in [0.5, 0.6) is 5.75 Å². The van der Waals surface area contributed by atoms with Crippen LogP contribution < -0.4 is 10.1 Å². The summed E-state index contributed by atoms with van der Waals surface area (Å²) in [6.07, 6.45) is 0.666. The van der Waals surface area contributed by atoms with E-state index in [1.807, 2.05) is 24.3 Å². The van der Waals surface area contributed by atoms with Gasteiger partial charge in [-0.15, -0.1) is 0 Å². The molecule has 0 spiro atoms. The average molecular weight is 288 g/mol. The third kappa shape index (κ3) is 2.65. The van der Waals surface area contributed by atoms with Crippen molar-refractivity contribution in [3.63, 3.8) is 0 Å². The molecule has 5 nitrogen and oxygen atoms in total. The highest BCUT2D eigenvalue weighted by atomic mass is 19.1. The second-order valence-electron chi connectivity index (χ2n) is 4.79. The fraction of sp³-hybridized carbons (Fsp3) is 0.200. The van der Waals surface area contributed by atoms with Crippen molar-refractivity contribution in [1.29, 1.82) is 0 Å². The highest BCUT2D eigenvalue weighted by molar-refractivity contribution is 5.54. The van der Waals surface area contributed by atoms with E-state index in [0.29, 0.717) is 13.0 Å². The maximum Gasteiger partial charge on any atom is 0.271 e. The van der Waals surface area contributed by atoms with Crippen LogP contribution in [0.15, 0.2) is 42.5 Å². The molecule has 3 rings (SSSR count). The molecule has 0 saturated carbocycles. The topological polar surface area (TPSA) is 64.4 Å². The summed E-state index contributed by atoms with van der Waals surface area (Å²) in [5, 5.41) is 13.8. The molecule has 0 amide bonds. The van der Waals surface area contributed by atoms with E-state index in [2.05, 4.69) is 5.32 Å². The monoisotopic (exact) mass is 288 g/mol. The van der Waals surface area contributed by atoms with Gasteiger partial charge < -0.3 is 10.1 Å². The van der Waals surface area contributed by atoms with E-state index >= 15 is 0 Å². The van der Waals surface area contributed by atoms with Crippen molar-refractivity contribution in [2.75, 3.05) is 11.9 Å². The van der Waals surface area contributed by atoms with Crippen LogP contribution in [-0.2, 0) is 0 Å². The lowest BCUT2D eigenvalue weighted by molar-refractivity contribution is -0.384. The van der Waals surface area contributed by atoms with E-state index in [1.54, 1.807) is 0 Å².